The first-order valence-corrected chi connectivity index (χ1v) is 18.2. The Kier molecular flexibility index (Phi) is 25.0. The molecular weight excluding hydrogens is 620 g/mol. The van der Waals surface area contributed by atoms with E-state index in [1.54, 1.807) is 55.6 Å². The standard InChI is InChI=1S/C16H14O3.2C4H10O.2ClH.Ta/c1-19-14-9-7-13(8-10-14)16(18)11-15(17)12-5-3-2-4-6-12;2*1-2-3-4-5;;;/h2-11,17H,1H3;2*5H,2-4H2,1H3;2*1H;/q;;;;;+2/p-3/b15-11-;;;;;. The molecule has 0 spiro atoms. The van der Waals surface area contributed by atoms with Crippen LogP contribution in [0.5, 0.6) is 5.75 Å². The number of methoxy groups -OCH3 is 1. The van der Waals surface area contributed by atoms with Crippen molar-refractivity contribution in [1.29, 1.82) is 0 Å². The molecule has 2 aromatic carbocycles. The van der Waals surface area contributed by atoms with Crippen molar-refractivity contribution in [2.75, 3.05) is 20.3 Å². The zero-order valence-corrected chi connectivity index (χ0v) is 23.6. The topological polar surface area (TPSA) is 89.8 Å². The third-order valence-corrected chi connectivity index (χ3v) is 3.72. The van der Waals surface area contributed by atoms with E-state index in [4.69, 9.17) is 33.3 Å². The molecule has 0 amide bonds. The van der Waals surface area contributed by atoms with Crippen LogP contribution < -0.4 is 9.84 Å². The SMILES string of the molecule is CCCCO.CCCCO.COc1ccc(C(=O)/C=C(\[O-])c2ccccc2)cc1.[Cl][Ta][Cl]. The number of aliphatic hydroxyl groups is 2. The Morgan fingerprint density at radius 3 is 1.75 bits per heavy atom. The van der Waals surface area contributed by atoms with Crippen molar-refractivity contribution in [3.05, 3.63) is 71.8 Å². The van der Waals surface area contributed by atoms with Gasteiger partial charge >= 0.3 is 36.0 Å². The Labute approximate surface area is 209 Å². The maximum atomic E-state index is 11.9. The first-order chi connectivity index (χ1) is 15.4. The number of allylic oxidation sites excluding steroid dienone is 1. The number of aliphatic hydroxyl groups excluding tert-OH is 2. The fourth-order valence-electron chi connectivity index (χ4n) is 1.96. The van der Waals surface area contributed by atoms with Gasteiger partial charge in [0.05, 0.1) is 7.11 Å². The minimum absolute atomic E-state index is 0.290. The van der Waals surface area contributed by atoms with Crippen molar-refractivity contribution in [2.45, 2.75) is 39.5 Å². The third kappa shape index (κ3) is 18.3. The van der Waals surface area contributed by atoms with Crippen LogP contribution in [0.25, 0.3) is 5.76 Å². The molecule has 0 saturated heterocycles. The predicted molar refractivity (Wildman–Crippen MR) is 127 cm³/mol. The molecule has 0 fully saturated rings. The zero-order chi connectivity index (χ0) is 24.6. The summed E-state index contributed by atoms with van der Waals surface area (Å²) in [5, 5.41) is 28.0. The van der Waals surface area contributed by atoms with Crippen LogP contribution in [-0.4, -0.2) is 36.3 Å². The number of carbonyl (C=O) groups excluding carboxylic acids is 1. The van der Waals surface area contributed by atoms with Crippen LogP contribution in [-0.2, 0) is 17.6 Å². The van der Waals surface area contributed by atoms with Crippen LogP contribution in [0.1, 0.15) is 55.5 Å². The van der Waals surface area contributed by atoms with Gasteiger partial charge in [-0.25, -0.2) is 0 Å². The number of unbranched alkanes of at least 4 members (excludes halogenated alkanes) is 2. The molecule has 0 atom stereocenters. The Bertz CT molecular complexity index is 700. The van der Waals surface area contributed by atoms with Gasteiger partial charge in [0.15, 0.2) is 5.78 Å². The van der Waals surface area contributed by atoms with E-state index in [0.717, 1.165) is 31.8 Å². The van der Waals surface area contributed by atoms with Gasteiger partial charge in [-0.2, -0.15) is 0 Å². The van der Waals surface area contributed by atoms with Gasteiger partial charge in [-0.3, -0.25) is 4.79 Å². The van der Waals surface area contributed by atoms with E-state index in [0.29, 0.717) is 30.1 Å². The molecule has 0 bridgehead atoms. The Morgan fingerprint density at radius 1 is 0.938 bits per heavy atom. The second kappa shape index (κ2) is 24.3. The fourth-order valence-corrected chi connectivity index (χ4v) is 1.96. The monoisotopic (exact) mass is 652 g/mol. The first-order valence-electron chi connectivity index (χ1n) is 10.2. The van der Waals surface area contributed by atoms with Crippen molar-refractivity contribution in [3.63, 3.8) is 0 Å². The van der Waals surface area contributed by atoms with Crippen LogP contribution in [0.2, 0.25) is 0 Å². The Hall–Kier alpha value is -1.31. The molecule has 0 heterocycles. The minimum atomic E-state index is -0.889. The van der Waals surface area contributed by atoms with Crippen LogP contribution >= 0.6 is 18.4 Å². The summed E-state index contributed by atoms with van der Waals surface area (Å²) in [6, 6.07) is 15.4. The van der Waals surface area contributed by atoms with Gasteiger partial charge in [-0.1, -0.05) is 62.8 Å². The fraction of sp³-hybridized carbons (Fsp3) is 0.375. The summed E-state index contributed by atoms with van der Waals surface area (Å²) in [4.78, 5) is 11.9. The first kappa shape index (κ1) is 32.9. The molecule has 2 aromatic rings. The molecule has 0 unspecified atom stereocenters. The van der Waals surface area contributed by atoms with Crippen LogP contribution in [0.3, 0.4) is 0 Å². The average Bonchev–Trinajstić information content (AvgIpc) is 2.82. The second-order valence-electron chi connectivity index (χ2n) is 6.19. The summed E-state index contributed by atoms with van der Waals surface area (Å²) < 4.78 is 5.01. The molecule has 179 valence electrons. The van der Waals surface area contributed by atoms with Crippen molar-refractivity contribution in [3.8, 4) is 5.75 Å². The molecule has 32 heavy (non-hydrogen) atoms. The number of hydrogen-bond donors (Lipinski definition) is 2. The molecule has 2 N–H and O–H groups in total. The summed E-state index contributed by atoms with van der Waals surface area (Å²) in [5.74, 6) is 0.0730. The number of rotatable bonds is 8. The summed E-state index contributed by atoms with van der Waals surface area (Å²) >= 11 is -0.889. The number of carbonyl (C=O) groups is 1. The summed E-state index contributed by atoms with van der Waals surface area (Å²) in [6.07, 6.45) is 5.18. The van der Waals surface area contributed by atoms with Gasteiger partial charge in [0.25, 0.3) is 0 Å². The number of ether oxygens (including phenoxy) is 1. The molecular formula is C24H33Cl2O5Ta-. The predicted octanol–water partition coefficient (Wildman–Crippen LogP) is 5.21. The van der Waals surface area contributed by atoms with Crippen LogP contribution in [0, 0.1) is 0 Å². The Balaban J connectivity index is 0. The van der Waals surface area contributed by atoms with Crippen molar-refractivity contribution >= 4 is 29.9 Å². The number of ketones is 1. The molecule has 2 rings (SSSR count). The molecule has 0 aliphatic rings. The average molecular weight is 653 g/mol. The van der Waals surface area contributed by atoms with Gasteiger partial charge in [0, 0.05) is 18.8 Å². The van der Waals surface area contributed by atoms with E-state index in [2.05, 4.69) is 13.8 Å². The summed E-state index contributed by atoms with van der Waals surface area (Å²) in [5.41, 5.74) is 0.967. The van der Waals surface area contributed by atoms with Crippen molar-refractivity contribution < 1.29 is 42.4 Å². The Morgan fingerprint density at radius 2 is 1.41 bits per heavy atom. The van der Waals surface area contributed by atoms with E-state index in [-0.39, 0.29) is 11.5 Å². The van der Waals surface area contributed by atoms with Crippen LogP contribution in [0.4, 0.5) is 0 Å². The molecule has 0 saturated carbocycles. The van der Waals surface area contributed by atoms with Crippen molar-refractivity contribution in [2.24, 2.45) is 0 Å². The van der Waals surface area contributed by atoms with E-state index in [1.165, 1.54) is 0 Å². The normalized spacial score (nSPS) is 9.66. The molecule has 0 aliphatic heterocycles. The molecule has 8 heteroatoms. The molecule has 0 aromatic heterocycles. The molecule has 0 aliphatic carbocycles. The summed E-state index contributed by atoms with van der Waals surface area (Å²) in [7, 11) is 11.4. The van der Waals surface area contributed by atoms with Gasteiger partial charge < -0.3 is 20.1 Å². The van der Waals surface area contributed by atoms with Gasteiger partial charge in [0.1, 0.15) is 5.75 Å². The van der Waals surface area contributed by atoms with E-state index in [1.807, 2.05) is 6.07 Å². The quantitative estimate of drug-likeness (QED) is 0.232. The van der Waals surface area contributed by atoms with Crippen LogP contribution in [0.15, 0.2) is 60.7 Å². The number of benzene rings is 2. The second-order valence-corrected chi connectivity index (χ2v) is 10.8. The number of hydrogen-bond acceptors (Lipinski definition) is 5. The van der Waals surface area contributed by atoms with E-state index in [9.17, 15) is 9.90 Å². The molecule has 5 nitrogen and oxygen atoms in total. The van der Waals surface area contributed by atoms with E-state index < -0.39 is 17.6 Å². The van der Waals surface area contributed by atoms with Gasteiger partial charge in [0.2, 0.25) is 0 Å². The number of halogens is 2. The summed E-state index contributed by atoms with van der Waals surface area (Å²) in [6.45, 7) is 4.79. The zero-order valence-electron chi connectivity index (χ0n) is 18.8. The third-order valence-electron chi connectivity index (χ3n) is 3.72. The van der Waals surface area contributed by atoms with E-state index >= 15 is 0 Å². The maximum absolute atomic E-state index is 11.9. The van der Waals surface area contributed by atoms with Crippen molar-refractivity contribution in [1.82, 2.24) is 0 Å². The van der Waals surface area contributed by atoms with Gasteiger partial charge in [-0.15, -0.1) is 0 Å². The van der Waals surface area contributed by atoms with Gasteiger partial charge in [-0.05, 0) is 48.7 Å². The molecule has 0 radical (unpaired) electrons.